The lowest BCUT2D eigenvalue weighted by atomic mass is 10.2. The summed E-state index contributed by atoms with van der Waals surface area (Å²) in [5.41, 5.74) is 2.07. The Morgan fingerprint density at radius 1 is 1.65 bits per heavy atom. The summed E-state index contributed by atoms with van der Waals surface area (Å²) in [6, 6.07) is 0. The molecular formula is C10H17N3O2S2. The van der Waals surface area contributed by atoms with Crippen molar-refractivity contribution in [1.29, 1.82) is 0 Å². The molecule has 1 rings (SSSR count). The zero-order valence-electron chi connectivity index (χ0n) is 10.1. The first-order valence-electron chi connectivity index (χ1n) is 5.11. The maximum Gasteiger partial charge on any atom is 0.316 e. The molecule has 7 heteroatoms. The number of anilines is 1. The summed E-state index contributed by atoms with van der Waals surface area (Å²) in [4.78, 5) is 16.5. The Morgan fingerprint density at radius 3 is 2.88 bits per heavy atom. The molecule has 96 valence electrons. The number of nitrogens with two attached hydrogens (primary N) is 1. The van der Waals surface area contributed by atoms with Crippen LogP contribution in [-0.2, 0) is 15.3 Å². The highest BCUT2D eigenvalue weighted by atomic mass is 32.2. The maximum absolute atomic E-state index is 11.4. The number of nitrogen functional groups attached to an aromatic ring is 1. The van der Waals surface area contributed by atoms with Crippen LogP contribution in [0.25, 0.3) is 0 Å². The third-order valence-corrected chi connectivity index (χ3v) is 3.63. The number of ether oxygens (including phenoxy) is 1. The van der Waals surface area contributed by atoms with E-state index in [-0.39, 0.29) is 5.97 Å². The summed E-state index contributed by atoms with van der Waals surface area (Å²) >= 11 is 2.98. The van der Waals surface area contributed by atoms with Crippen molar-refractivity contribution in [3.05, 3.63) is 11.1 Å². The smallest absolute Gasteiger partial charge is 0.316 e. The fraction of sp³-hybridized carbons (Fsp3) is 0.600. The van der Waals surface area contributed by atoms with E-state index in [9.17, 15) is 4.79 Å². The predicted octanol–water partition coefficient (Wildman–Crippen LogP) is 2.00. The molecule has 1 heterocycles. The number of aromatic nitrogens is 1. The molecular weight excluding hydrogens is 258 g/mol. The molecule has 0 saturated carbocycles. The molecule has 0 atom stereocenters. The number of nitrogens with one attached hydrogen (secondary N) is 1. The summed E-state index contributed by atoms with van der Waals surface area (Å²) in [6.07, 6.45) is 1.75. The maximum atomic E-state index is 11.4. The van der Waals surface area contributed by atoms with Crippen molar-refractivity contribution in [2.45, 2.75) is 32.1 Å². The van der Waals surface area contributed by atoms with E-state index in [0.29, 0.717) is 10.9 Å². The molecule has 5 nitrogen and oxygen atoms in total. The van der Waals surface area contributed by atoms with Gasteiger partial charge in [-0.3, -0.25) is 10.2 Å². The molecule has 0 bridgehead atoms. The molecule has 0 aromatic carbocycles. The summed E-state index contributed by atoms with van der Waals surface area (Å²) in [6.45, 7) is 5.58. The Morgan fingerprint density at radius 2 is 2.35 bits per heavy atom. The van der Waals surface area contributed by atoms with Gasteiger partial charge in [0.15, 0.2) is 5.13 Å². The Hall–Kier alpha value is -0.790. The molecule has 0 aliphatic heterocycles. The van der Waals surface area contributed by atoms with Crippen molar-refractivity contribution in [2.75, 3.05) is 11.2 Å². The van der Waals surface area contributed by atoms with E-state index in [1.807, 2.05) is 20.8 Å². The summed E-state index contributed by atoms with van der Waals surface area (Å²) in [5.74, 6) is 6.12. The van der Waals surface area contributed by atoms with Crippen LogP contribution in [0.3, 0.4) is 0 Å². The molecule has 0 spiro atoms. The monoisotopic (exact) mass is 275 g/mol. The minimum atomic E-state index is -0.418. The van der Waals surface area contributed by atoms with Gasteiger partial charge in [0.25, 0.3) is 0 Å². The summed E-state index contributed by atoms with van der Waals surface area (Å²) in [7, 11) is 0. The van der Waals surface area contributed by atoms with Gasteiger partial charge in [-0.05, 0) is 20.8 Å². The molecule has 3 N–H and O–H groups in total. The van der Waals surface area contributed by atoms with Gasteiger partial charge in [-0.1, -0.05) is 0 Å². The van der Waals surface area contributed by atoms with Gasteiger partial charge < -0.3 is 4.74 Å². The van der Waals surface area contributed by atoms with Gasteiger partial charge in [0.05, 0.1) is 5.75 Å². The number of carbonyl (C=O) groups is 1. The van der Waals surface area contributed by atoms with Crippen LogP contribution in [0.4, 0.5) is 5.13 Å². The molecule has 0 aliphatic rings. The summed E-state index contributed by atoms with van der Waals surface area (Å²) in [5, 5.41) is 0.679. The topological polar surface area (TPSA) is 77.2 Å². The van der Waals surface area contributed by atoms with Crippen molar-refractivity contribution >= 4 is 34.2 Å². The van der Waals surface area contributed by atoms with Crippen molar-refractivity contribution in [3.8, 4) is 0 Å². The molecule has 0 aliphatic carbocycles. The Labute approximate surface area is 109 Å². The number of thioether (sulfide) groups is 1. The molecule has 0 unspecified atom stereocenters. The lowest BCUT2D eigenvalue weighted by molar-refractivity contribution is -0.151. The van der Waals surface area contributed by atoms with Gasteiger partial charge in [0.1, 0.15) is 5.60 Å². The molecule has 17 heavy (non-hydrogen) atoms. The minimum absolute atomic E-state index is 0.191. The van der Waals surface area contributed by atoms with Crippen molar-refractivity contribution in [3.63, 3.8) is 0 Å². The zero-order chi connectivity index (χ0) is 12.9. The van der Waals surface area contributed by atoms with E-state index in [1.165, 1.54) is 23.1 Å². The number of thiazole rings is 1. The van der Waals surface area contributed by atoms with E-state index >= 15 is 0 Å². The summed E-state index contributed by atoms with van der Waals surface area (Å²) < 4.78 is 5.20. The van der Waals surface area contributed by atoms with Crippen LogP contribution in [-0.4, -0.2) is 22.3 Å². The SMILES string of the molecule is CC(C)(C)OC(=O)CSCc1cnc(NN)s1. The fourth-order valence-electron chi connectivity index (χ4n) is 1.05. The van der Waals surface area contributed by atoms with Crippen LogP contribution in [0.15, 0.2) is 6.20 Å². The largest absolute Gasteiger partial charge is 0.459 e. The molecule has 0 amide bonds. The number of hydrogen-bond acceptors (Lipinski definition) is 7. The molecule has 0 fully saturated rings. The lowest BCUT2D eigenvalue weighted by Crippen LogP contribution is -2.24. The van der Waals surface area contributed by atoms with Gasteiger partial charge in [0.2, 0.25) is 0 Å². The average Bonchev–Trinajstić information content (AvgIpc) is 2.63. The number of hydrazine groups is 1. The number of rotatable bonds is 5. The van der Waals surface area contributed by atoms with E-state index < -0.39 is 5.60 Å². The van der Waals surface area contributed by atoms with Gasteiger partial charge in [-0.25, -0.2) is 10.8 Å². The normalized spacial score (nSPS) is 11.3. The number of esters is 1. The van der Waals surface area contributed by atoms with E-state index in [0.717, 1.165) is 10.6 Å². The first-order chi connectivity index (χ1) is 7.90. The Bertz CT molecular complexity index is 374. The van der Waals surface area contributed by atoms with Crippen molar-refractivity contribution in [1.82, 2.24) is 4.98 Å². The third kappa shape index (κ3) is 5.90. The lowest BCUT2D eigenvalue weighted by Gasteiger charge is -2.19. The van der Waals surface area contributed by atoms with Crippen LogP contribution in [0.5, 0.6) is 0 Å². The van der Waals surface area contributed by atoms with E-state index in [1.54, 1.807) is 6.20 Å². The van der Waals surface area contributed by atoms with Crippen LogP contribution >= 0.6 is 23.1 Å². The second-order valence-electron chi connectivity index (χ2n) is 4.36. The van der Waals surface area contributed by atoms with Crippen LogP contribution in [0.1, 0.15) is 25.6 Å². The number of hydrogen-bond donors (Lipinski definition) is 2. The molecule has 0 saturated heterocycles. The molecule has 1 aromatic rings. The fourth-order valence-corrected chi connectivity index (χ4v) is 2.65. The third-order valence-electron chi connectivity index (χ3n) is 1.56. The Kier molecular flexibility index (Phi) is 5.23. The second-order valence-corrected chi connectivity index (χ2v) is 6.46. The highest BCUT2D eigenvalue weighted by Gasteiger charge is 2.16. The first-order valence-corrected chi connectivity index (χ1v) is 7.09. The zero-order valence-corrected chi connectivity index (χ0v) is 11.8. The molecule has 0 radical (unpaired) electrons. The van der Waals surface area contributed by atoms with Crippen molar-refractivity contribution < 1.29 is 9.53 Å². The highest BCUT2D eigenvalue weighted by molar-refractivity contribution is 7.99. The van der Waals surface area contributed by atoms with Crippen LogP contribution in [0.2, 0.25) is 0 Å². The van der Waals surface area contributed by atoms with Gasteiger partial charge >= 0.3 is 5.97 Å². The van der Waals surface area contributed by atoms with Gasteiger partial charge in [0, 0.05) is 16.8 Å². The second kappa shape index (κ2) is 6.23. The van der Waals surface area contributed by atoms with Gasteiger partial charge in [-0.15, -0.1) is 23.1 Å². The minimum Gasteiger partial charge on any atom is -0.459 e. The van der Waals surface area contributed by atoms with E-state index in [4.69, 9.17) is 10.6 Å². The molecule has 1 aromatic heterocycles. The van der Waals surface area contributed by atoms with Crippen LogP contribution < -0.4 is 11.3 Å². The van der Waals surface area contributed by atoms with Crippen LogP contribution in [0, 0.1) is 0 Å². The first kappa shape index (κ1) is 14.3. The number of nitrogens with zero attached hydrogens (tertiary/aromatic N) is 1. The quantitative estimate of drug-likeness (QED) is 0.486. The van der Waals surface area contributed by atoms with E-state index in [2.05, 4.69) is 10.4 Å². The average molecular weight is 275 g/mol. The predicted molar refractivity (Wildman–Crippen MR) is 71.9 cm³/mol. The van der Waals surface area contributed by atoms with Gasteiger partial charge in [-0.2, -0.15) is 0 Å². The Balaban J connectivity index is 2.26. The highest BCUT2D eigenvalue weighted by Crippen LogP contribution is 2.22. The number of carbonyl (C=O) groups excluding carboxylic acids is 1. The standard InChI is InChI=1S/C10H17N3O2S2/c1-10(2,3)15-8(14)6-16-5-7-4-12-9(13-11)17-7/h4H,5-6,11H2,1-3H3,(H,12,13). The van der Waals surface area contributed by atoms with Crippen molar-refractivity contribution in [2.24, 2.45) is 5.84 Å².